The zero-order valence-corrected chi connectivity index (χ0v) is 12.8. The molecule has 0 heterocycles. The highest BCUT2D eigenvalue weighted by molar-refractivity contribution is 6.36. The van der Waals surface area contributed by atoms with E-state index in [2.05, 4.69) is 0 Å². The summed E-state index contributed by atoms with van der Waals surface area (Å²) in [6.07, 6.45) is 0.813. The van der Waals surface area contributed by atoms with Crippen molar-refractivity contribution in [2.45, 2.75) is 13.8 Å². The van der Waals surface area contributed by atoms with E-state index >= 15 is 0 Å². The monoisotopic (exact) mass is 308 g/mol. The zero-order valence-electron chi connectivity index (χ0n) is 11.2. The Labute approximate surface area is 128 Å². The van der Waals surface area contributed by atoms with Crippen molar-refractivity contribution in [1.82, 2.24) is 0 Å². The largest absolute Gasteiger partial charge is 0.492 e. The van der Waals surface area contributed by atoms with E-state index < -0.39 is 0 Å². The second-order valence-electron chi connectivity index (χ2n) is 4.39. The molecule has 0 radical (unpaired) electrons. The van der Waals surface area contributed by atoms with Crippen molar-refractivity contribution in [1.29, 1.82) is 0 Å². The van der Waals surface area contributed by atoms with E-state index in [4.69, 9.17) is 27.9 Å². The number of aldehydes is 1. The molecule has 0 aliphatic rings. The van der Waals surface area contributed by atoms with Crippen molar-refractivity contribution in [3.8, 4) is 16.9 Å². The zero-order chi connectivity index (χ0) is 14.7. The smallest absolute Gasteiger partial charge is 0.150 e. The number of benzene rings is 2. The maximum Gasteiger partial charge on any atom is 0.150 e. The summed E-state index contributed by atoms with van der Waals surface area (Å²) in [7, 11) is 0. The minimum absolute atomic E-state index is 0.502. The standard InChI is InChI=1S/C16H14Cl2O2/c1-3-20-16-8-14(17)13(7-15(16)18)12-6-11(9-19)5-4-10(12)2/h4-9H,3H2,1-2H3. The van der Waals surface area contributed by atoms with Gasteiger partial charge in [0.15, 0.2) is 0 Å². The Bertz CT molecular complexity index is 651. The maximum atomic E-state index is 10.9. The van der Waals surface area contributed by atoms with Gasteiger partial charge in [0.2, 0.25) is 0 Å². The molecule has 0 atom stereocenters. The molecule has 2 aromatic rings. The number of rotatable bonds is 4. The molecule has 0 saturated carbocycles. The lowest BCUT2D eigenvalue weighted by Gasteiger charge is -2.12. The van der Waals surface area contributed by atoms with Gasteiger partial charge in [0.25, 0.3) is 0 Å². The molecule has 0 bridgehead atoms. The molecule has 0 fully saturated rings. The molecular formula is C16H14Cl2O2. The normalized spacial score (nSPS) is 10.4. The Kier molecular flexibility index (Phi) is 4.69. The van der Waals surface area contributed by atoms with E-state index in [1.54, 1.807) is 24.3 Å². The average Bonchev–Trinajstić information content (AvgIpc) is 2.43. The summed E-state index contributed by atoms with van der Waals surface area (Å²) in [6.45, 7) is 4.37. The molecular weight excluding hydrogens is 295 g/mol. The van der Waals surface area contributed by atoms with Crippen LogP contribution in [-0.2, 0) is 0 Å². The first-order valence-corrected chi connectivity index (χ1v) is 7.00. The summed E-state index contributed by atoms with van der Waals surface area (Å²) in [5.41, 5.74) is 3.32. The molecule has 0 aliphatic carbocycles. The lowest BCUT2D eigenvalue weighted by atomic mass is 9.98. The highest BCUT2D eigenvalue weighted by atomic mass is 35.5. The first-order valence-electron chi connectivity index (χ1n) is 6.24. The predicted molar refractivity (Wildman–Crippen MR) is 83.2 cm³/mol. The third-order valence-electron chi connectivity index (χ3n) is 3.01. The molecule has 0 saturated heterocycles. The topological polar surface area (TPSA) is 26.3 Å². The van der Waals surface area contributed by atoms with Gasteiger partial charge in [0.05, 0.1) is 16.7 Å². The van der Waals surface area contributed by atoms with Crippen LogP contribution in [0.5, 0.6) is 5.75 Å². The molecule has 0 aromatic heterocycles. The van der Waals surface area contributed by atoms with Crippen LogP contribution in [0.1, 0.15) is 22.8 Å². The van der Waals surface area contributed by atoms with Crippen LogP contribution >= 0.6 is 23.2 Å². The van der Waals surface area contributed by atoms with Crippen LogP contribution in [0.25, 0.3) is 11.1 Å². The molecule has 104 valence electrons. The van der Waals surface area contributed by atoms with Gasteiger partial charge in [-0.3, -0.25) is 4.79 Å². The van der Waals surface area contributed by atoms with Gasteiger partial charge in [-0.15, -0.1) is 0 Å². The molecule has 0 spiro atoms. The Morgan fingerprint density at radius 2 is 1.85 bits per heavy atom. The van der Waals surface area contributed by atoms with Gasteiger partial charge in [0, 0.05) is 17.2 Å². The van der Waals surface area contributed by atoms with Gasteiger partial charge in [-0.2, -0.15) is 0 Å². The summed E-state index contributed by atoms with van der Waals surface area (Å²) in [5.74, 6) is 0.562. The summed E-state index contributed by atoms with van der Waals surface area (Å²) in [5, 5.41) is 1.05. The summed E-state index contributed by atoms with van der Waals surface area (Å²) in [4.78, 5) is 10.9. The van der Waals surface area contributed by atoms with Crippen LogP contribution in [0.2, 0.25) is 10.0 Å². The third-order valence-corrected chi connectivity index (χ3v) is 3.62. The maximum absolute atomic E-state index is 10.9. The van der Waals surface area contributed by atoms with E-state index in [1.807, 2.05) is 19.9 Å². The van der Waals surface area contributed by atoms with Crippen LogP contribution < -0.4 is 4.74 Å². The number of hydrogen-bond donors (Lipinski definition) is 0. The quantitative estimate of drug-likeness (QED) is 0.727. The van der Waals surface area contributed by atoms with Crippen molar-refractivity contribution in [3.63, 3.8) is 0 Å². The Morgan fingerprint density at radius 3 is 2.50 bits per heavy atom. The minimum atomic E-state index is 0.502. The number of ether oxygens (including phenoxy) is 1. The van der Waals surface area contributed by atoms with Crippen LogP contribution in [0, 0.1) is 6.92 Å². The molecule has 0 aliphatic heterocycles. The second-order valence-corrected chi connectivity index (χ2v) is 5.20. The van der Waals surface area contributed by atoms with Crippen LogP contribution in [0.4, 0.5) is 0 Å². The SMILES string of the molecule is CCOc1cc(Cl)c(-c2cc(C=O)ccc2C)cc1Cl. The highest BCUT2D eigenvalue weighted by Crippen LogP contribution is 2.38. The van der Waals surface area contributed by atoms with Gasteiger partial charge >= 0.3 is 0 Å². The van der Waals surface area contributed by atoms with Gasteiger partial charge in [-0.25, -0.2) is 0 Å². The first kappa shape index (κ1) is 14.9. The average molecular weight is 309 g/mol. The molecule has 0 N–H and O–H groups in total. The van der Waals surface area contributed by atoms with E-state index in [-0.39, 0.29) is 0 Å². The molecule has 20 heavy (non-hydrogen) atoms. The van der Waals surface area contributed by atoms with Crippen LogP contribution in [-0.4, -0.2) is 12.9 Å². The van der Waals surface area contributed by atoms with Crippen LogP contribution in [0.15, 0.2) is 30.3 Å². The van der Waals surface area contributed by atoms with Crippen LogP contribution in [0.3, 0.4) is 0 Å². The van der Waals surface area contributed by atoms with Crippen molar-refractivity contribution < 1.29 is 9.53 Å². The van der Waals surface area contributed by atoms with Crippen molar-refractivity contribution in [2.75, 3.05) is 6.61 Å². The summed E-state index contributed by atoms with van der Waals surface area (Å²) >= 11 is 12.5. The number of carbonyl (C=O) groups is 1. The van der Waals surface area contributed by atoms with Gasteiger partial charge < -0.3 is 4.74 Å². The summed E-state index contributed by atoms with van der Waals surface area (Å²) in [6, 6.07) is 8.94. The Hall–Kier alpha value is -1.51. The highest BCUT2D eigenvalue weighted by Gasteiger charge is 2.12. The fourth-order valence-electron chi connectivity index (χ4n) is 2.00. The van der Waals surface area contributed by atoms with Crippen molar-refractivity contribution in [3.05, 3.63) is 51.5 Å². The van der Waals surface area contributed by atoms with E-state index in [1.165, 1.54) is 0 Å². The Morgan fingerprint density at radius 1 is 1.10 bits per heavy atom. The Balaban J connectivity index is 2.58. The van der Waals surface area contributed by atoms with E-state index in [0.29, 0.717) is 28.0 Å². The first-order chi connectivity index (χ1) is 9.56. The second kappa shape index (κ2) is 6.29. The minimum Gasteiger partial charge on any atom is -0.492 e. The lowest BCUT2D eigenvalue weighted by molar-refractivity contribution is 0.112. The predicted octanol–water partition coefficient (Wildman–Crippen LogP) is 5.18. The number of aryl methyl sites for hydroxylation is 1. The molecule has 0 amide bonds. The number of halogens is 2. The summed E-state index contributed by atoms with van der Waals surface area (Å²) < 4.78 is 5.41. The fraction of sp³-hybridized carbons (Fsp3) is 0.188. The van der Waals surface area contributed by atoms with Crippen molar-refractivity contribution >= 4 is 29.5 Å². The molecule has 0 unspecified atom stereocenters. The van der Waals surface area contributed by atoms with E-state index in [9.17, 15) is 4.79 Å². The lowest BCUT2D eigenvalue weighted by Crippen LogP contribution is -1.94. The van der Waals surface area contributed by atoms with Crippen molar-refractivity contribution in [2.24, 2.45) is 0 Å². The molecule has 2 nitrogen and oxygen atoms in total. The fourth-order valence-corrected chi connectivity index (χ4v) is 2.48. The molecule has 2 aromatic carbocycles. The van der Waals surface area contributed by atoms with Gasteiger partial charge in [-0.1, -0.05) is 35.3 Å². The third kappa shape index (κ3) is 2.97. The van der Waals surface area contributed by atoms with E-state index in [0.717, 1.165) is 23.0 Å². The van der Waals surface area contributed by atoms with Gasteiger partial charge in [-0.05, 0) is 37.1 Å². The number of carbonyl (C=O) groups excluding carboxylic acids is 1. The molecule has 4 heteroatoms. The van der Waals surface area contributed by atoms with Gasteiger partial charge in [0.1, 0.15) is 12.0 Å². The number of hydrogen-bond acceptors (Lipinski definition) is 2. The molecule has 2 rings (SSSR count).